The van der Waals surface area contributed by atoms with E-state index in [0.717, 1.165) is 9.87 Å². The summed E-state index contributed by atoms with van der Waals surface area (Å²) in [7, 11) is -2.83. The van der Waals surface area contributed by atoms with Gasteiger partial charge in [-0.3, -0.25) is 13.9 Å². The summed E-state index contributed by atoms with van der Waals surface area (Å²) in [5, 5.41) is 3.83. The molecular formula is C31H27Cl4N3O4S. The van der Waals surface area contributed by atoms with E-state index in [0.29, 0.717) is 20.6 Å². The van der Waals surface area contributed by atoms with Crippen molar-refractivity contribution in [3.8, 4) is 0 Å². The van der Waals surface area contributed by atoms with Gasteiger partial charge in [0.15, 0.2) is 0 Å². The van der Waals surface area contributed by atoms with Crippen LogP contribution in [0.25, 0.3) is 0 Å². The minimum atomic E-state index is -4.30. The Balaban J connectivity index is 1.82. The minimum absolute atomic E-state index is 0.0856. The molecule has 0 spiro atoms. The Kier molecular flexibility index (Phi) is 11.0. The molecule has 0 aliphatic heterocycles. The Bertz CT molecular complexity index is 1680. The van der Waals surface area contributed by atoms with Gasteiger partial charge in [0.1, 0.15) is 12.6 Å². The van der Waals surface area contributed by atoms with Crippen molar-refractivity contribution in [1.29, 1.82) is 0 Å². The molecular weight excluding hydrogens is 652 g/mol. The fourth-order valence-electron chi connectivity index (χ4n) is 4.47. The van der Waals surface area contributed by atoms with Gasteiger partial charge in [0, 0.05) is 45.7 Å². The van der Waals surface area contributed by atoms with E-state index in [1.807, 2.05) is 30.3 Å². The lowest BCUT2D eigenvalue weighted by atomic mass is 10.0. The van der Waals surface area contributed by atoms with Gasteiger partial charge in [0.25, 0.3) is 10.0 Å². The zero-order valence-electron chi connectivity index (χ0n) is 22.9. The predicted octanol–water partition coefficient (Wildman–Crippen LogP) is 6.88. The quantitative estimate of drug-likeness (QED) is 0.187. The number of nitrogens with one attached hydrogen (secondary N) is 1. The normalized spacial score (nSPS) is 11.9. The molecule has 1 atom stereocenters. The van der Waals surface area contributed by atoms with Crippen molar-refractivity contribution >= 4 is 73.9 Å². The lowest BCUT2D eigenvalue weighted by molar-refractivity contribution is -0.139. The molecule has 0 heterocycles. The van der Waals surface area contributed by atoms with Crippen LogP contribution in [0.15, 0.2) is 102 Å². The monoisotopic (exact) mass is 677 g/mol. The molecule has 4 aromatic carbocycles. The van der Waals surface area contributed by atoms with Gasteiger partial charge in [-0.25, -0.2) is 8.42 Å². The molecule has 0 unspecified atom stereocenters. The predicted molar refractivity (Wildman–Crippen MR) is 172 cm³/mol. The molecule has 0 fully saturated rings. The van der Waals surface area contributed by atoms with E-state index in [1.165, 1.54) is 48.3 Å². The largest absolute Gasteiger partial charge is 0.357 e. The van der Waals surface area contributed by atoms with Gasteiger partial charge >= 0.3 is 0 Å². The highest BCUT2D eigenvalue weighted by Gasteiger charge is 2.35. The second-order valence-electron chi connectivity index (χ2n) is 9.49. The molecule has 224 valence electrons. The fourth-order valence-corrected chi connectivity index (χ4v) is 6.70. The maximum Gasteiger partial charge on any atom is 0.264 e. The summed E-state index contributed by atoms with van der Waals surface area (Å²) in [4.78, 5) is 28.9. The summed E-state index contributed by atoms with van der Waals surface area (Å²) in [6.45, 7) is -0.817. The van der Waals surface area contributed by atoms with E-state index in [2.05, 4.69) is 5.32 Å². The van der Waals surface area contributed by atoms with Crippen molar-refractivity contribution in [1.82, 2.24) is 10.2 Å². The van der Waals surface area contributed by atoms with Crippen molar-refractivity contribution in [3.05, 3.63) is 128 Å². The standard InChI is InChI=1S/C31H27Cl4N3O4S/c1-36-31(40)29(17-21-7-3-2-4-8-21)37(19-26-27(34)11-6-12-28(26)35)30(39)20-38(24-10-5-9-23(33)18-24)43(41,42)25-15-13-22(32)14-16-25/h2-16,18,29H,17,19-20H2,1H3,(H,36,40)/t29-/m1/s1. The molecule has 0 aliphatic carbocycles. The van der Waals surface area contributed by atoms with E-state index in [4.69, 9.17) is 46.4 Å². The second-order valence-corrected chi connectivity index (χ2v) is 13.0. The number of benzene rings is 4. The van der Waals surface area contributed by atoms with Crippen LogP contribution >= 0.6 is 46.4 Å². The van der Waals surface area contributed by atoms with E-state index in [-0.39, 0.29) is 28.6 Å². The van der Waals surface area contributed by atoms with E-state index < -0.39 is 34.4 Å². The molecule has 0 saturated carbocycles. The third-order valence-electron chi connectivity index (χ3n) is 6.68. The van der Waals surface area contributed by atoms with Crippen LogP contribution in [0.3, 0.4) is 0 Å². The Morgan fingerprint density at radius 2 is 1.42 bits per heavy atom. The highest BCUT2D eigenvalue weighted by Crippen LogP contribution is 2.30. The average Bonchev–Trinajstić information content (AvgIpc) is 2.99. The number of anilines is 1. The summed E-state index contributed by atoms with van der Waals surface area (Å²) in [6, 6.07) is 24.8. The summed E-state index contributed by atoms with van der Waals surface area (Å²) in [6.07, 6.45) is 0.148. The number of hydrogen-bond acceptors (Lipinski definition) is 4. The number of halogens is 4. The Labute approximate surface area is 271 Å². The van der Waals surface area contributed by atoms with Crippen molar-refractivity contribution in [2.24, 2.45) is 0 Å². The minimum Gasteiger partial charge on any atom is -0.357 e. The fraction of sp³-hybridized carbons (Fsp3) is 0.161. The van der Waals surface area contributed by atoms with E-state index in [1.54, 1.807) is 30.3 Å². The number of carbonyl (C=O) groups excluding carboxylic acids is 2. The van der Waals surface area contributed by atoms with Crippen LogP contribution in [0.2, 0.25) is 20.1 Å². The zero-order valence-corrected chi connectivity index (χ0v) is 26.7. The van der Waals surface area contributed by atoms with Crippen molar-refractivity contribution in [3.63, 3.8) is 0 Å². The van der Waals surface area contributed by atoms with Gasteiger partial charge in [-0.05, 0) is 60.2 Å². The Morgan fingerprint density at radius 1 is 0.791 bits per heavy atom. The molecule has 0 aliphatic rings. The van der Waals surface area contributed by atoms with Crippen LogP contribution in [0.1, 0.15) is 11.1 Å². The molecule has 2 amide bonds. The number of likely N-dealkylation sites (N-methyl/N-ethyl adjacent to an activating group) is 1. The number of hydrogen-bond donors (Lipinski definition) is 1. The Hall–Kier alpha value is -3.27. The number of carbonyl (C=O) groups is 2. The topological polar surface area (TPSA) is 86.8 Å². The van der Waals surface area contributed by atoms with E-state index >= 15 is 0 Å². The summed E-state index contributed by atoms with van der Waals surface area (Å²) < 4.78 is 28.9. The first kappa shape index (κ1) is 32.6. The van der Waals surface area contributed by atoms with E-state index in [9.17, 15) is 18.0 Å². The first-order chi connectivity index (χ1) is 20.5. The first-order valence-electron chi connectivity index (χ1n) is 13.0. The van der Waals surface area contributed by atoms with Crippen molar-refractivity contribution in [2.45, 2.75) is 23.9 Å². The highest BCUT2D eigenvalue weighted by molar-refractivity contribution is 7.92. The number of amides is 2. The molecule has 7 nitrogen and oxygen atoms in total. The van der Waals surface area contributed by atoms with Crippen LogP contribution in [0.4, 0.5) is 5.69 Å². The molecule has 0 saturated heterocycles. The van der Waals surface area contributed by atoms with Gasteiger partial charge < -0.3 is 10.2 Å². The maximum atomic E-state index is 14.3. The summed E-state index contributed by atoms with van der Waals surface area (Å²) >= 11 is 25.2. The molecule has 4 aromatic rings. The number of nitrogens with zero attached hydrogens (tertiary/aromatic N) is 2. The Morgan fingerprint density at radius 3 is 2.02 bits per heavy atom. The molecule has 0 radical (unpaired) electrons. The van der Waals surface area contributed by atoms with Gasteiger partial charge in [0.2, 0.25) is 11.8 Å². The lowest BCUT2D eigenvalue weighted by Gasteiger charge is -2.34. The molecule has 4 rings (SSSR count). The third-order valence-corrected chi connectivity index (χ3v) is 9.67. The summed E-state index contributed by atoms with van der Waals surface area (Å²) in [5.41, 5.74) is 1.36. The molecule has 1 N–H and O–H groups in total. The van der Waals surface area contributed by atoms with Gasteiger partial charge in [-0.15, -0.1) is 0 Å². The number of rotatable bonds is 11. The molecule has 12 heteroatoms. The van der Waals surface area contributed by atoms with Crippen molar-refractivity contribution in [2.75, 3.05) is 17.9 Å². The van der Waals surface area contributed by atoms with Gasteiger partial charge in [-0.2, -0.15) is 0 Å². The second kappa shape index (κ2) is 14.5. The van der Waals surface area contributed by atoms with Crippen molar-refractivity contribution < 1.29 is 18.0 Å². The van der Waals surface area contributed by atoms with Crippen LogP contribution in [-0.4, -0.2) is 44.8 Å². The highest BCUT2D eigenvalue weighted by atomic mass is 35.5. The third kappa shape index (κ3) is 8.02. The molecule has 0 aromatic heterocycles. The zero-order chi connectivity index (χ0) is 31.1. The summed E-state index contributed by atoms with van der Waals surface area (Å²) in [5.74, 6) is -1.12. The first-order valence-corrected chi connectivity index (χ1v) is 16.0. The SMILES string of the molecule is CNC(=O)[C@@H](Cc1ccccc1)N(Cc1c(Cl)cccc1Cl)C(=O)CN(c1cccc(Cl)c1)S(=O)(=O)c1ccc(Cl)cc1. The van der Waals surface area contributed by atoms with Crippen LogP contribution in [0, 0.1) is 0 Å². The number of sulfonamides is 1. The van der Waals surface area contributed by atoms with Gasteiger partial charge in [-0.1, -0.05) is 88.9 Å². The lowest BCUT2D eigenvalue weighted by Crippen LogP contribution is -2.53. The molecule has 0 bridgehead atoms. The average molecular weight is 679 g/mol. The smallest absolute Gasteiger partial charge is 0.264 e. The van der Waals surface area contributed by atoms with Crippen LogP contribution in [0.5, 0.6) is 0 Å². The van der Waals surface area contributed by atoms with Crippen LogP contribution < -0.4 is 9.62 Å². The van der Waals surface area contributed by atoms with Crippen LogP contribution in [-0.2, 0) is 32.6 Å². The van der Waals surface area contributed by atoms with Gasteiger partial charge in [0.05, 0.1) is 10.6 Å². The molecule has 43 heavy (non-hydrogen) atoms. The maximum absolute atomic E-state index is 14.3.